The van der Waals surface area contributed by atoms with Gasteiger partial charge in [0.25, 0.3) is 0 Å². The van der Waals surface area contributed by atoms with Crippen LogP contribution in [-0.2, 0) is 4.79 Å². The molecule has 3 nitrogen and oxygen atoms in total. The van der Waals surface area contributed by atoms with Gasteiger partial charge in [0.15, 0.2) is 0 Å². The third-order valence-corrected chi connectivity index (χ3v) is 3.88. The van der Waals surface area contributed by atoms with Crippen molar-refractivity contribution in [2.45, 2.75) is 25.3 Å². The van der Waals surface area contributed by atoms with Gasteiger partial charge in [-0.2, -0.15) is 0 Å². The fourth-order valence-corrected chi connectivity index (χ4v) is 2.62. The second-order valence-corrected chi connectivity index (χ2v) is 5.38. The lowest BCUT2D eigenvalue weighted by Gasteiger charge is -2.23. The second-order valence-electron chi connectivity index (χ2n) is 5.38. The molecule has 3 heteroatoms. The number of benzene rings is 2. The fourth-order valence-electron chi connectivity index (χ4n) is 2.62. The van der Waals surface area contributed by atoms with E-state index in [2.05, 4.69) is 22.8 Å². The summed E-state index contributed by atoms with van der Waals surface area (Å²) in [6.45, 7) is 2.89. The topological polar surface area (TPSA) is 41.1 Å². The normalized spacial score (nSPS) is 22.6. The molecular formula is C16H18N2O. The van der Waals surface area contributed by atoms with Crippen LogP contribution in [-0.4, -0.2) is 18.0 Å². The zero-order valence-electron chi connectivity index (χ0n) is 11.1. The molecule has 0 saturated carbocycles. The smallest absolute Gasteiger partial charge is 0.244 e. The molecule has 1 atom stereocenters. The Hall–Kier alpha value is -1.87. The van der Waals surface area contributed by atoms with E-state index < -0.39 is 5.54 Å². The fraction of sp³-hybridized carbons (Fsp3) is 0.312. The first-order valence-electron chi connectivity index (χ1n) is 6.73. The van der Waals surface area contributed by atoms with Crippen molar-refractivity contribution in [3.05, 3.63) is 42.5 Å². The van der Waals surface area contributed by atoms with E-state index in [-0.39, 0.29) is 5.91 Å². The number of carbonyl (C=O) groups is 1. The van der Waals surface area contributed by atoms with Gasteiger partial charge >= 0.3 is 0 Å². The predicted octanol–water partition coefficient (Wildman–Crippen LogP) is 2.92. The van der Waals surface area contributed by atoms with Crippen molar-refractivity contribution in [1.82, 2.24) is 5.32 Å². The average Bonchev–Trinajstić information content (AvgIpc) is 2.87. The van der Waals surface area contributed by atoms with Crippen LogP contribution in [0, 0.1) is 0 Å². The van der Waals surface area contributed by atoms with Crippen LogP contribution in [0.25, 0.3) is 10.8 Å². The van der Waals surface area contributed by atoms with E-state index in [9.17, 15) is 4.79 Å². The lowest BCUT2D eigenvalue weighted by Crippen LogP contribution is -2.47. The van der Waals surface area contributed by atoms with Gasteiger partial charge in [0.1, 0.15) is 0 Å². The molecule has 0 spiro atoms. The van der Waals surface area contributed by atoms with Gasteiger partial charge in [0.2, 0.25) is 5.91 Å². The minimum atomic E-state index is -0.425. The predicted molar refractivity (Wildman–Crippen MR) is 78.2 cm³/mol. The first-order valence-corrected chi connectivity index (χ1v) is 6.73. The van der Waals surface area contributed by atoms with Crippen molar-refractivity contribution in [3.8, 4) is 0 Å². The van der Waals surface area contributed by atoms with Gasteiger partial charge in [-0.05, 0) is 49.2 Å². The highest BCUT2D eigenvalue weighted by Crippen LogP contribution is 2.23. The van der Waals surface area contributed by atoms with E-state index >= 15 is 0 Å². The SMILES string of the molecule is CC1(C(=O)Nc2ccc3ccccc3c2)CCCN1. The quantitative estimate of drug-likeness (QED) is 0.865. The molecule has 2 aromatic carbocycles. The van der Waals surface area contributed by atoms with Crippen molar-refractivity contribution >= 4 is 22.4 Å². The summed E-state index contributed by atoms with van der Waals surface area (Å²) in [6, 6.07) is 14.2. The van der Waals surface area contributed by atoms with Crippen molar-refractivity contribution in [3.63, 3.8) is 0 Å². The summed E-state index contributed by atoms with van der Waals surface area (Å²) < 4.78 is 0. The molecule has 19 heavy (non-hydrogen) atoms. The number of amides is 1. The highest BCUT2D eigenvalue weighted by molar-refractivity contribution is 5.99. The first-order chi connectivity index (χ1) is 9.17. The van der Waals surface area contributed by atoms with Crippen LogP contribution in [0.15, 0.2) is 42.5 Å². The van der Waals surface area contributed by atoms with Crippen molar-refractivity contribution in [2.24, 2.45) is 0 Å². The van der Waals surface area contributed by atoms with Gasteiger partial charge < -0.3 is 10.6 Å². The molecule has 1 amide bonds. The molecule has 2 N–H and O–H groups in total. The van der Waals surface area contributed by atoms with Gasteiger partial charge in [-0.25, -0.2) is 0 Å². The molecule has 0 bridgehead atoms. The number of anilines is 1. The maximum Gasteiger partial charge on any atom is 0.244 e. The molecule has 3 rings (SSSR count). The summed E-state index contributed by atoms with van der Waals surface area (Å²) in [5.74, 6) is 0.0558. The average molecular weight is 254 g/mol. The number of hydrogen-bond acceptors (Lipinski definition) is 2. The van der Waals surface area contributed by atoms with Crippen LogP contribution in [0.2, 0.25) is 0 Å². The monoisotopic (exact) mass is 254 g/mol. The van der Waals surface area contributed by atoms with Gasteiger partial charge in [-0.3, -0.25) is 4.79 Å². The molecule has 1 saturated heterocycles. The molecule has 2 aromatic rings. The molecular weight excluding hydrogens is 236 g/mol. The van der Waals surface area contributed by atoms with Gasteiger partial charge in [-0.15, -0.1) is 0 Å². The largest absolute Gasteiger partial charge is 0.324 e. The van der Waals surface area contributed by atoms with Gasteiger partial charge in [0, 0.05) is 5.69 Å². The summed E-state index contributed by atoms with van der Waals surface area (Å²) in [5, 5.41) is 8.62. The first kappa shape index (κ1) is 12.2. The number of nitrogens with one attached hydrogen (secondary N) is 2. The van der Waals surface area contributed by atoms with E-state index in [1.165, 1.54) is 5.39 Å². The van der Waals surface area contributed by atoms with Crippen LogP contribution in [0.5, 0.6) is 0 Å². The lowest BCUT2D eigenvalue weighted by atomic mass is 9.99. The Labute approximate surface area is 113 Å². The second kappa shape index (κ2) is 4.67. The zero-order valence-corrected chi connectivity index (χ0v) is 11.1. The van der Waals surface area contributed by atoms with E-state index in [1.54, 1.807) is 0 Å². The maximum absolute atomic E-state index is 12.3. The van der Waals surface area contributed by atoms with E-state index in [4.69, 9.17) is 0 Å². The Bertz CT molecular complexity index is 615. The highest BCUT2D eigenvalue weighted by Gasteiger charge is 2.35. The molecule has 0 radical (unpaired) electrons. The Kier molecular flexibility index (Phi) is 2.99. The minimum Gasteiger partial charge on any atom is -0.324 e. The van der Waals surface area contributed by atoms with Gasteiger partial charge in [0.05, 0.1) is 5.54 Å². The van der Waals surface area contributed by atoms with Gasteiger partial charge in [-0.1, -0.05) is 30.3 Å². The van der Waals surface area contributed by atoms with E-state index in [1.807, 2.05) is 37.3 Å². The van der Waals surface area contributed by atoms with Crippen LogP contribution in [0.4, 0.5) is 5.69 Å². The van der Waals surface area contributed by atoms with E-state index in [0.29, 0.717) is 0 Å². The molecule has 1 fully saturated rings. The van der Waals surface area contributed by atoms with Crippen molar-refractivity contribution < 1.29 is 4.79 Å². The third-order valence-electron chi connectivity index (χ3n) is 3.88. The van der Waals surface area contributed by atoms with Crippen LogP contribution < -0.4 is 10.6 Å². The molecule has 1 aliphatic rings. The lowest BCUT2D eigenvalue weighted by molar-refractivity contribution is -0.121. The van der Waals surface area contributed by atoms with E-state index in [0.717, 1.165) is 30.5 Å². The maximum atomic E-state index is 12.3. The van der Waals surface area contributed by atoms with Crippen LogP contribution in [0.1, 0.15) is 19.8 Å². The summed E-state index contributed by atoms with van der Waals surface area (Å²) >= 11 is 0. The zero-order chi connectivity index (χ0) is 13.3. The minimum absolute atomic E-state index is 0.0558. The Balaban J connectivity index is 1.83. The molecule has 1 unspecified atom stereocenters. The molecule has 0 aromatic heterocycles. The summed E-state index contributed by atoms with van der Waals surface area (Å²) in [7, 11) is 0. The summed E-state index contributed by atoms with van der Waals surface area (Å²) in [5.41, 5.74) is 0.435. The van der Waals surface area contributed by atoms with Crippen molar-refractivity contribution in [2.75, 3.05) is 11.9 Å². The molecule has 1 aliphatic heterocycles. The standard InChI is InChI=1S/C16H18N2O/c1-16(9-4-10-17-16)15(19)18-14-8-7-12-5-2-3-6-13(12)11-14/h2-3,5-8,11,17H,4,9-10H2,1H3,(H,18,19). The number of hydrogen-bond donors (Lipinski definition) is 2. The number of rotatable bonds is 2. The summed E-state index contributed by atoms with van der Waals surface area (Å²) in [4.78, 5) is 12.3. The molecule has 1 heterocycles. The Morgan fingerprint density at radius 3 is 2.74 bits per heavy atom. The van der Waals surface area contributed by atoms with Crippen LogP contribution >= 0.6 is 0 Å². The number of carbonyl (C=O) groups excluding carboxylic acids is 1. The molecule has 98 valence electrons. The molecule has 0 aliphatic carbocycles. The summed E-state index contributed by atoms with van der Waals surface area (Å²) in [6.07, 6.45) is 1.95. The van der Waals surface area contributed by atoms with Crippen molar-refractivity contribution in [1.29, 1.82) is 0 Å². The Morgan fingerprint density at radius 2 is 2.00 bits per heavy atom. The number of fused-ring (bicyclic) bond motifs is 1. The Morgan fingerprint density at radius 1 is 1.21 bits per heavy atom. The third kappa shape index (κ3) is 2.34. The van der Waals surface area contributed by atoms with Crippen LogP contribution in [0.3, 0.4) is 0 Å². The highest BCUT2D eigenvalue weighted by atomic mass is 16.2.